The van der Waals surface area contributed by atoms with Crippen molar-refractivity contribution < 1.29 is 9.90 Å². The number of fused-ring (bicyclic) bond motifs is 1. The molecule has 0 saturated carbocycles. The van der Waals surface area contributed by atoms with Gasteiger partial charge in [-0.3, -0.25) is 9.59 Å². The van der Waals surface area contributed by atoms with Crippen molar-refractivity contribution >= 4 is 27.3 Å². The van der Waals surface area contributed by atoms with Crippen LogP contribution in [0.2, 0.25) is 0 Å². The summed E-state index contributed by atoms with van der Waals surface area (Å²) in [6, 6.07) is 12.6. The number of hydrogen-bond acceptors (Lipinski definition) is 4. The quantitative estimate of drug-likeness (QED) is 0.687. The molecule has 0 aliphatic carbocycles. The van der Waals surface area contributed by atoms with Crippen molar-refractivity contribution in [3.05, 3.63) is 69.0 Å². The smallest absolute Gasteiger partial charge is 0.251 e. The number of thiophene rings is 1. The number of pyridine rings is 1. The van der Waals surface area contributed by atoms with E-state index in [4.69, 9.17) is 0 Å². The molecule has 1 atom stereocenters. The maximum Gasteiger partial charge on any atom is 0.251 e. The van der Waals surface area contributed by atoms with Crippen molar-refractivity contribution in [1.82, 2.24) is 10.3 Å². The molecule has 0 aliphatic heterocycles. The van der Waals surface area contributed by atoms with Gasteiger partial charge in [0, 0.05) is 33.4 Å². The minimum absolute atomic E-state index is 0.0947. The first-order valence-corrected chi connectivity index (χ1v) is 8.00. The summed E-state index contributed by atoms with van der Waals surface area (Å²) in [5, 5.41) is 14.0. The molecule has 23 heavy (non-hydrogen) atoms. The van der Waals surface area contributed by atoms with Crippen LogP contribution in [-0.2, 0) is 0 Å². The molecule has 1 amide bonds. The summed E-state index contributed by atoms with van der Waals surface area (Å²) in [6.07, 6.45) is -0.778. The number of aromatic amines is 1. The Morgan fingerprint density at radius 2 is 2.09 bits per heavy atom. The molecule has 2 heterocycles. The number of aliphatic hydroxyl groups excluding tert-OH is 1. The highest BCUT2D eigenvalue weighted by Gasteiger charge is 2.14. The van der Waals surface area contributed by atoms with Gasteiger partial charge in [0.15, 0.2) is 0 Å². The number of aryl methyl sites for hydroxylation is 1. The lowest BCUT2D eigenvalue weighted by molar-refractivity contribution is 0.0917. The van der Waals surface area contributed by atoms with Crippen molar-refractivity contribution in [2.75, 3.05) is 6.54 Å². The fourth-order valence-corrected chi connectivity index (χ4v) is 3.42. The van der Waals surface area contributed by atoms with E-state index in [1.54, 1.807) is 13.0 Å². The van der Waals surface area contributed by atoms with Crippen LogP contribution >= 0.6 is 11.3 Å². The van der Waals surface area contributed by atoms with Crippen LogP contribution in [0.1, 0.15) is 27.0 Å². The number of aliphatic hydroxyl groups is 1. The van der Waals surface area contributed by atoms with E-state index in [9.17, 15) is 14.7 Å². The van der Waals surface area contributed by atoms with Gasteiger partial charge in [-0.1, -0.05) is 18.2 Å². The molecule has 6 heteroatoms. The highest BCUT2D eigenvalue weighted by molar-refractivity contribution is 7.19. The van der Waals surface area contributed by atoms with Gasteiger partial charge in [-0.05, 0) is 30.5 Å². The normalized spacial score (nSPS) is 12.3. The summed E-state index contributed by atoms with van der Waals surface area (Å²) < 4.78 is 1.10. The van der Waals surface area contributed by atoms with Gasteiger partial charge in [-0.25, -0.2) is 0 Å². The Morgan fingerprint density at radius 1 is 1.30 bits per heavy atom. The second-order valence-electron chi connectivity index (χ2n) is 5.33. The lowest BCUT2D eigenvalue weighted by Gasteiger charge is -2.10. The summed E-state index contributed by atoms with van der Waals surface area (Å²) in [5.41, 5.74) is 0.586. The molecule has 0 saturated heterocycles. The third-order valence-corrected chi connectivity index (χ3v) is 4.69. The first-order valence-electron chi connectivity index (χ1n) is 7.18. The Bertz CT molecular complexity index is 880. The number of aromatic nitrogens is 1. The van der Waals surface area contributed by atoms with Crippen molar-refractivity contribution in [1.29, 1.82) is 0 Å². The topological polar surface area (TPSA) is 82.2 Å². The van der Waals surface area contributed by atoms with Crippen LogP contribution in [0, 0.1) is 6.92 Å². The summed E-state index contributed by atoms with van der Waals surface area (Å²) >= 11 is 1.50. The Balaban J connectivity index is 1.69. The molecule has 0 radical (unpaired) electrons. The van der Waals surface area contributed by atoms with E-state index in [1.807, 2.05) is 30.3 Å². The maximum atomic E-state index is 12.1. The molecule has 0 fully saturated rings. The summed E-state index contributed by atoms with van der Waals surface area (Å²) in [4.78, 5) is 26.9. The molecule has 0 aliphatic rings. The first kappa shape index (κ1) is 15.5. The standard InChI is InChI=1S/C17H16N2O3S/c1-10-6-12(8-16(21)19-10)17(22)18-9-13(20)15-7-11-4-2-3-5-14(11)23-15/h2-8,13,20H,9H2,1H3,(H,18,22)(H,19,21). The van der Waals surface area contributed by atoms with Crippen LogP contribution in [0.4, 0.5) is 0 Å². The van der Waals surface area contributed by atoms with Crippen molar-refractivity contribution in [3.8, 4) is 0 Å². The van der Waals surface area contributed by atoms with E-state index >= 15 is 0 Å². The summed E-state index contributed by atoms with van der Waals surface area (Å²) in [7, 11) is 0. The number of H-pyrrole nitrogens is 1. The van der Waals surface area contributed by atoms with Crippen molar-refractivity contribution in [3.63, 3.8) is 0 Å². The Morgan fingerprint density at radius 3 is 2.83 bits per heavy atom. The lowest BCUT2D eigenvalue weighted by atomic mass is 10.2. The van der Waals surface area contributed by atoms with Gasteiger partial charge in [0.05, 0.1) is 0 Å². The van der Waals surface area contributed by atoms with E-state index in [-0.39, 0.29) is 23.6 Å². The highest BCUT2D eigenvalue weighted by atomic mass is 32.1. The van der Waals surface area contributed by atoms with Gasteiger partial charge in [0.1, 0.15) is 6.10 Å². The van der Waals surface area contributed by atoms with Gasteiger partial charge < -0.3 is 15.4 Å². The molecule has 0 spiro atoms. The van der Waals surface area contributed by atoms with E-state index in [0.717, 1.165) is 15.0 Å². The third kappa shape index (κ3) is 3.49. The SMILES string of the molecule is Cc1cc(C(=O)NCC(O)c2cc3ccccc3s2)cc(=O)[nH]1. The molecule has 2 aromatic heterocycles. The maximum absolute atomic E-state index is 12.1. The van der Waals surface area contributed by atoms with Gasteiger partial charge >= 0.3 is 0 Å². The Hall–Kier alpha value is -2.44. The van der Waals surface area contributed by atoms with Gasteiger partial charge in [0.2, 0.25) is 5.56 Å². The molecule has 0 bridgehead atoms. The number of rotatable bonds is 4. The average molecular weight is 328 g/mol. The number of hydrogen-bond donors (Lipinski definition) is 3. The zero-order valence-corrected chi connectivity index (χ0v) is 13.3. The molecule has 3 N–H and O–H groups in total. The molecule has 118 valence electrons. The average Bonchev–Trinajstić information content (AvgIpc) is 2.95. The van der Waals surface area contributed by atoms with Crippen LogP contribution in [0.5, 0.6) is 0 Å². The highest BCUT2D eigenvalue weighted by Crippen LogP contribution is 2.29. The Kier molecular flexibility index (Phi) is 4.27. The number of nitrogens with one attached hydrogen (secondary N) is 2. The molecule has 3 rings (SSSR count). The first-order chi connectivity index (χ1) is 11.0. The second kappa shape index (κ2) is 6.36. The van der Waals surface area contributed by atoms with Gasteiger partial charge in [-0.2, -0.15) is 0 Å². The summed E-state index contributed by atoms with van der Waals surface area (Å²) in [5.74, 6) is -0.376. The molecule has 1 aromatic carbocycles. The second-order valence-corrected chi connectivity index (χ2v) is 6.44. The van der Waals surface area contributed by atoms with Gasteiger partial charge in [-0.15, -0.1) is 11.3 Å². The molecule has 1 unspecified atom stereocenters. The minimum Gasteiger partial charge on any atom is -0.386 e. The minimum atomic E-state index is -0.778. The fraction of sp³-hybridized carbons (Fsp3) is 0.176. The van der Waals surface area contributed by atoms with E-state index in [0.29, 0.717) is 5.69 Å². The molecular weight excluding hydrogens is 312 g/mol. The number of benzene rings is 1. The van der Waals surface area contributed by atoms with Crippen LogP contribution in [0.25, 0.3) is 10.1 Å². The fourth-order valence-electron chi connectivity index (χ4n) is 2.37. The Labute approximate surface area is 136 Å². The predicted molar refractivity (Wildman–Crippen MR) is 90.9 cm³/mol. The van der Waals surface area contributed by atoms with E-state index in [1.165, 1.54) is 17.4 Å². The van der Waals surface area contributed by atoms with Gasteiger partial charge in [0.25, 0.3) is 5.91 Å². The molecular formula is C17H16N2O3S. The van der Waals surface area contributed by atoms with Crippen LogP contribution < -0.4 is 10.9 Å². The largest absolute Gasteiger partial charge is 0.386 e. The van der Waals surface area contributed by atoms with E-state index < -0.39 is 6.10 Å². The predicted octanol–water partition coefficient (Wildman–Crippen LogP) is 2.36. The van der Waals surface area contributed by atoms with Crippen LogP contribution in [0.3, 0.4) is 0 Å². The molecule has 5 nitrogen and oxygen atoms in total. The van der Waals surface area contributed by atoms with Crippen molar-refractivity contribution in [2.24, 2.45) is 0 Å². The number of amides is 1. The third-order valence-electron chi connectivity index (χ3n) is 3.47. The van der Waals surface area contributed by atoms with Crippen LogP contribution in [-0.4, -0.2) is 22.5 Å². The van der Waals surface area contributed by atoms with E-state index in [2.05, 4.69) is 10.3 Å². The number of carbonyl (C=O) groups is 1. The summed E-state index contributed by atoms with van der Waals surface area (Å²) in [6.45, 7) is 1.81. The van der Waals surface area contributed by atoms with Crippen LogP contribution in [0.15, 0.2) is 47.3 Å². The number of carbonyl (C=O) groups excluding carboxylic acids is 1. The zero-order chi connectivity index (χ0) is 16.4. The monoisotopic (exact) mass is 328 g/mol. The van der Waals surface area contributed by atoms with Crippen molar-refractivity contribution in [2.45, 2.75) is 13.0 Å². The lowest BCUT2D eigenvalue weighted by Crippen LogP contribution is -2.29. The zero-order valence-electron chi connectivity index (χ0n) is 12.5. The molecule has 3 aromatic rings.